The highest BCUT2D eigenvalue weighted by Gasteiger charge is 2.18. The van der Waals surface area contributed by atoms with E-state index in [-0.39, 0.29) is 0 Å². The summed E-state index contributed by atoms with van der Waals surface area (Å²) in [7, 11) is 0. The predicted molar refractivity (Wildman–Crippen MR) is 115 cm³/mol. The van der Waals surface area contributed by atoms with Crippen molar-refractivity contribution >= 4 is 22.8 Å². The quantitative estimate of drug-likeness (QED) is 0.304. The third kappa shape index (κ3) is 3.50. The number of rotatable bonds is 5. The van der Waals surface area contributed by atoms with Crippen LogP contribution < -0.4 is 0 Å². The Labute approximate surface area is 164 Å². The Hall–Kier alpha value is -2.59. The Morgan fingerprint density at radius 1 is 1.04 bits per heavy atom. The Kier molecular flexibility index (Phi) is 4.99. The lowest BCUT2D eigenvalue weighted by atomic mass is 10.1. The van der Waals surface area contributed by atoms with E-state index in [4.69, 9.17) is 0 Å². The van der Waals surface area contributed by atoms with Gasteiger partial charge in [0.25, 0.3) is 0 Å². The van der Waals surface area contributed by atoms with Gasteiger partial charge in [-0.2, -0.15) is 0 Å². The summed E-state index contributed by atoms with van der Waals surface area (Å²) in [4.78, 5) is 9.31. The molecule has 1 atom stereocenters. The van der Waals surface area contributed by atoms with E-state index in [9.17, 15) is 0 Å². The minimum absolute atomic E-state index is 0.508. The van der Waals surface area contributed by atoms with Gasteiger partial charge in [-0.15, -0.1) is 11.8 Å². The summed E-state index contributed by atoms with van der Waals surface area (Å²) >= 11 is 1.83. The first-order valence-electron chi connectivity index (χ1n) is 9.32. The smallest absolute Gasteiger partial charge is 0.149 e. The molecular weight excluding hydrogens is 350 g/mol. The van der Waals surface area contributed by atoms with Gasteiger partial charge >= 0.3 is 0 Å². The monoisotopic (exact) mass is 373 g/mol. The molecular formula is C23H23N3S. The second kappa shape index (κ2) is 7.57. The largest absolute Gasteiger partial charge is 0.301 e. The summed E-state index contributed by atoms with van der Waals surface area (Å²) in [6.07, 6.45) is 4.99. The molecule has 0 bridgehead atoms. The zero-order valence-corrected chi connectivity index (χ0v) is 16.7. The van der Waals surface area contributed by atoms with Gasteiger partial charge in [0, 0.05) is 22.7 Å². The fourth-order valence-corrected chi connectivity index (χ4v) is 4.18. The third-order valence-corrected chi connectivity index (χ3v) is 6.07. The minimum Gasteiger partial charge on any atom is -0.301 e. The molecule has 0 saturated heterocycles. The number of hydrogen-bond acceptors (Lipinski definition) is 3. The molecule has 27 heavy (non-hydrogen) atoms. The molecule has 3 nitrogen and oxygen atoms in total. The van der Waals surface area contributed by atoms with Crippen molar-refractivity contribution in [1.29, 1.82) is 0 Å². The number of aryl methyl sites for hydroxylation is 1. The molecule has 4 heteroatoms. The molecule has 0 amide bonds. The van der Waals surface area contributed by atoms with Crippen LogP contribution in [0.2, 0.25) is 0 Å². The number of fused-ring (bicyclic) bond motifs is 1. The maximum Gasteiger partial charge on any atom is 0.149 e. The summed E-state index contributed by atoms with van der Waals surface area (Å²) in [5, 5.41) is 2.70. The van der Waals surface area contributed by atoms with Gasteiger partial charge in [0.2, 0.25) is 0 Å². The Morgan fingerprint density at radius 2 is 1.85 bits per heavy atom. The van der Waals surface area contributed by atoms with Crippen LogP contribution in [0.3, 0.4) is 0 Å². The summed E-state index contributed by atoms with van der Waals surface area (Å²) in [6, 6.07) is 19.0. The van der Waals surface area contributed by atoms with E-state index in [1.165, 1.54) is 16.7 Å². The highest BCUT2D eigenvalue weighted by Crippen LogP contribution is 2.38. The zero-order chi connectivity index (χ0) is 18.8. The number of benzene rings is 2. The van der Waals surface area contributed by atoms with Crippen LogP contribution in [-0.4, -0.2) is 19.8 Å². The molecule has 2 heterocycles. The second-order valence-electron chi connectivity index (χ2n) is 6.83. The first kappa shape index (κ1) is 17.8. The average molecular weight is 374 g/mol. The van der Waals surface area contributed by atoms with E-state index in [0.29, 0.717) is 5.25 Å². The van der Waals surface area contributed by atoms with Crippen molar-refractivity contribution in [3.63, 3.8) is 0 Å². The molecule has 4 aromatic rings. The van der Waals surface area contributed by atoms with Crippen molar-refractivity contribution < 1.29 is 0 Å². The van der Waals surface area contributed by atoms with Gasteiger partial charge in [-0.05, 0) is 36.6 Å². The van der Waals surface area contributed by atoms with E-state index >= 15 is 0 Å². The van der Waals surface area contributed by atoms with E-state index in [0.717, 1.165) is 28.2 Å². The number of nitrogens with zero attached hydrogens (tertiary/aromatic N) is 3. The van der Waals surface area contributed by atoms with Crippen LogP contribution in [-0.2, 0) is 0 Å². The molecule has 4 rings (SSSR count). The SMILES string of the molecule is CCC(C)Sc1ncnc2c1c(-c1ccccc1)cn2-c1cccc(C)c1. The van der Waals surface area contributed by atoms with Gasteiger partial charge in [0.1, 0.15) is 17.0 Å². The van der Waals surface area contributed by atoms with E-state index < -0.39 is 0 Å². The van der Waals surface area contributed by atoms with Crippen molar-refractivity contribution in [3.05, 3.63) is 72.7 Å². The molecule has 2 aromatic carbocycles. The normalized spacial score (nSPS) is 12.4. The highest BCUT2D eigenvalue weighted by molar-refractivity contribution is 8.00. The first-order chi connectivity index (χ1) is 13.2. The van der Waals surface area contributed by atoms with Crippen molar-refractivity contribution in [3.8, 4) is 16.8 Å². The Balaban J connectivity index is 2.00. The minimum atomic E-state index is 0.508. The molecule has 0 N–H and O–H groups in total. The van der Waals surface area contributed by atoms with Crippen LogP contribution in [0.1, 0.15) is 25.8 Å². The maximum atomic E-state index is 4.67. The van der Waals surface area contributed by atoms with E-state index in [1.807, 2.05) is 11.8 Å². The average Bonchev–Trinajstić information content (AvgIpc) is 3.09. The molecule has 0 fully saturated rings. The molecule has 0 saturated carbocycles. The molecule has 0 spiro atoms. The second-order valence-corrected chi connectivity index (χ2v) is 8.26. The topological polar surface area (TPSA) is 30.7 Å². The van der Waals surface area contributed by atoms with E-state index in [2.05, 4.69) is 96.1 Å². The van der Waals surface area contributed by atoms with Gasteiger partial charge in [0.15, 0.2) is 0 Å². The fourth-order valence-electron chi connectivity index (χ4n) is 3.21. The van der Waals surface area contributed by atoms with Crippen molar-refractivity contribution in [1.82, 2.24) is 14.5 Å². The summed E-state index contributed by atoms with van der Waals surface area (Å²) in [5.41, 5.74) is 5.69. The van der Waals surface area contributed by atoms with Crippen molar-refractivity contribution in [2.75, 3.05) is 0 Å². The molecule has 2 aromatic heterocycles. The molecule has 136 valence electrons. The standard InChI is InChI=1S/C23H23N3S/c1-4-17(3)27-23-21-20(18-10-6-5-7-11-18)14-26(22(21)24-15-25-23)19-12-8-9-16(2)13-19/h5-15,17H,4H2,1-3H3. The lowest BCUT2D eigenvalue weighted by molar-refractivity contribution is 0.901. The van der Waals surface area contributed by atoms with Crippen LogP contribution in [0, 0.1) is 6.92 Å². The molecule has 1 unspecified atom stereocenters. The summed E-state index contributed by atoms with van der Waals surface area (Å²) in [6.45, 7) is 6.58. The number of aromatic nitrogens is 3. The molecule has 0 aliphatic rings. The highest BCUT2D eigenvalue weighted by atomic mass is 32.2. The number of hydrogen-bond donors (Lipinski definition) is 0. The van der Waals surface area contributed by atoms with Gasteiger partial charge in [-0.1, -0.05) is 56.3 Å². The van der Waals surface area contributed by atoms with Crippen LogP contribution in [0.4, 0.5) is 0 Å². The van der Waals surface area contributed by atoms with Crippen LogP contribution in [0.5, 0.6) is 0 Å². The van der Waals surface area contributed by atoms with Gasteiger partial charge in [0.05, 0.1) is 5.39 Å². The Morgan fingerprint density at radius 3 is 2.59 bits per heavy atom. The number of thioether (sulfide) groups is 1. The van der Waals surface area contributed by atoms with Gasteiger partial charge in [-0.3, -0.25) is 0 Å². The van der Waals surface area contributed by atoms with Crippen LogP contribution in [0.15, 0.2) is 72.1 Å². The lowest BCUT2D eigenvalue weighted by Gasteiger charge is -2.10. The Bertz CT molecular complexity index is 1070. The van der Waals surface area contributed by atoms with Gasteiger partial charge in [-0.25, -0.2) is 9.97 Å². The third-order valence-electron chi connectivity index (χ3n) is 4.80. The van der Waals surface area contributed by atoms with Crippen molar-refractivity contribution in [2.24, 2.45) is 0 Å². The molecule has 0 radical (unpaired) electrons. The zero-order valence-electron chi connectivity index (χ0n) is 15.9. The molecule has 0 aliphatic carbocycles. The molecule has 0 aliphatic heterocycles. The lowest BCUT2D eigenvalue weighted by Crippen LogP contribution is -1.97. The van der Waals surface area contributed by atoms with Crippen LogP contribution in [0.25, 0.3) is 27.8 Å². The summed E-state index contributed by atoms with van der Waals surface area (Å²) < 4.78 is 2.19. The van der Waals surface area contributed by atoms with Gasteiger partial charge < -0.3 is 4.57 Å². The van der Waals surface area contributed by atoms with Crippen molar-refractivity contribution in [2.45, 2.75) is 37.5 Å². The van der Waals surface area contributed by atoms with Crippen LogP contribution >= 0.6 is 11.8 Å². The first-order valence-corrected chi connectivity index (χ1v) is 10.2. The fraction of sp³-hybridized carbons (Fsp3) is 0.217. The summed E-state index contributed by atoms with van der Waals surface area (Å²) in [5.74, 6) is 0. The predicted octanol–water partition coefficient (Wildman–Crippen LogP) is 6.29. The maximum absolute atomic E-state index is 4.67. The van der Waals surface area contributed by atoms with E-state index in [1.54, 1.807) is 6.33 Å².